The number of hydrogen-bond donors (Lipinski definition) is 0. The smallest absolute Gasteiger partial charge is 0.293 e. The van der Waals surface area contributed by atoms with Crippen molar-refractivity contribution in [3.05, 3.63) is 24.3 Å². The van der Waals surface area contributed by atoms with Gasteiger partial charge in [-0.15, -0.1) is 5.10 Å². The lowest BCUT2D eigenvalue weighted by Gasteiger charge is -1.98. The second-order valence-corrected chi connectivity index (χ2v) is 2.79. The van der Waals surface area contributed by atoms with E-state index in [1.165, 1.54) is 0 Å². The SMILES string of the molecule is O=COCC(=O)n1nnc2ccccc21. The molecule has 0 atom stereocenters. The predicted octanol–water partition coefficient (Wildman–Crippen LogP) is 0.244. The van der Waals surface area contributed by atoms with Gasteiger partial charge in [0.25, 0.3) is 12.4 Å². The number of benzene rings is 1. The van der Waals surface area contributed by atoms with Crippen LogP contribution in [0.1, 0.15) is 4.79 Å². The maximum absolute atomic E-state index is 11.5. The zero-order valence-electron chi connectivity index (χ0n) is 7.66. The Labute approximate surface area is 84.4 Å². The van der Waals surface area contributed by atoms with Crippen molar-refractivity contribution in [3.63, 3.8) is 0 Å². The molecule has 15 heavy (non-hydrogen) atoms. The largest absolute Gasteiger partial charge is 0.458 e. The maximum atomic E-state index is 11.5. The lowest BCUT2D eigenvalue weighted by atomic mass is 10.3. The molecule has 0 saturated carbocycles. The zero-order valence-corrected chi connectivity index (χ0v) is 7.66. The van der Waals surface area contributed by atoms with Crippen molar-refractivity contribution in [2.45, 2.75) is 0 Å². The molecule has 0 N–H and O–H groups in total. The van der Waals surface area contributed by atoms with Gasteiger partial charge in [-0.25, -0.2) is 0 Å². The van der Waals surface area contributed by atoms with E-state index in [2.05, 4.69) is 15.0 Å². The Bertz CT molecular complexity index is 506. The Hall–Kier alpha value is -2.24. The summed E-state index contributed by atoms with van der Waals surface area (Å²) in [5.41, 5.74) is 1.22. The van der Waals surface area contributed by atoms with Gasteiger partial charge < -0.3 is 4.74 Å². The van der Waals surface area contributed by atoms with Crippen molar-refractivity contribution < 1.29 is 14.3 Å². The first kappa shape index (κ1) is 9.32. The van der Waals surface area contributed by atoms with Crippen LogP contribution in [-0.4, -0.2) is 34.0 Å². The Morgan fingerprint density at radius 2 is 2.27 bits per heavy atom. The lowest BCUT2D eigenvalue weighted by molar-refractivity contribution is -0.127. The molecule has 0 aliphatic carbocycles. The first-order valence-corrected chi connectivity index (χ1v) is 4.22. The van der Waals surface area contributed by atoms with Crippen LogP contribution in [0.2, 0.25) is 0 Å². The summed E-state index contributed by atoms with van der Waals surface area (Å²) in [4.78, 5) is 21.4. The Kier molecular flexibility index (Phi) is 2.40. The van der Waals surface area contributed by atoms with Crippen molar-refractivity contribution in [2.24, 2.45) is 0 Å². The van der Waals surface area contributed by atoms with E-state index in [1.54, 1.807) is 24.3 Å². The second kappa shape index (κ2) is 3.87. The third-order valence-corrected chi connectivity index (χ3v) is 1.86. The molecule has 1 aromatic heterocycles. The minimum Gasteiger partial charge on any atom is -0.458 e. The van der Waals surface area contributed by atoms with Gasteiger partial charge in [-0.3, -0.25) is 9.59 Å². The highest BCUT2D eigenvalue weighted by Crippen LogP contribution is 2.09. The highest BCUT2D eigenvalue weighted by atomic mass is 16.5. The van der Waals surface area contributed by atoms with E-state index in [4.69, 9.17) is 0 Å². The highest BCUT2D eigenvalue weighted by molar-refractivity contribution is 5.89. The Morgan fingerprint density at radius 3 is 3.07 bits per heavy atom. The lowest BCUT2D eigenvalue weighted by Crippen LogP contribution is -2.18. The summed E-state index contributed by atoms with van der Waals surface area (Å²) in [5.74, 6) is -0.434. The first-order chi connectivity index (χ1) is 7.33. The topological polar surface area (TPSA) is 74.1 Å². The molecule has 0 aliphatic rings. The third kappa shape index (κ3) is 1.69. The Balaban J connectivity index is 2.35. The summed E-state index contributed by atoms with van der Waals surface area (Å²) >= 11 is 0. The molecule has 1 aromatic carbocycles. The van der Waals surface area contributed by atoms with Crippen LogP contribution in [0.5, 0.6) is 0 Å². The van der Waals surface area contributed by atoms with E-state index in [-0.39, 0.29) is 13.1 Å². The van der Waals surface area contributed by atoms with E-state index in [0.717, 1.165) is 4.68 Å². The number of fused-ring (bicyclic) bond motifs is 1. The van der Waals surface area contributed by atoms with Crippen molar-refractivity contribution in [1.29, 1.82) is 0 Å². The second-order valence-electron chi connectivity index (χ2n) is 2.79. The quantitative estimate of drug-likeness (QED) is 0.671. The molecule has 0 unspecified atom stereocenters. The van der Waals surface area contributed by atoms with E-state index in [1.807, 2.05) is 0 Å². The van der Waals surface area contributed by atoms with E-state index in [9.17, 15) is 9.59 Å². The fraction of sp³-hybridized carbons (Fsp3) is 0.111. The number of nitrogens with zero attached hydrogens (tertiary/aromatic N) is 3. The van der Waals surface area contributed by atoms with Crippen LogP contribution in [0.25, 0.3) is 11.0 Å². The number of aromatic nitrogens is 3. The van der Waals surface area contributed by atoms with Gasteiger partial charge in [-0.05, 0) is 12.1 Å². The number of para-hydroxylation sites is 1. The summed E-state index contributed by atoms with van der Waals surface area (Å²) in [6.45, 7) is -0.117. The number of carbonyl (C=O) groups is 2. The molecule has 0 bridgehead atoms. The maximum Gasteiger partial charge on any atom is 0.293 e. The van der Waals surface area contributed by atoms with Gasteiger partial charge in [0.2, 0.25) is 0 Å². The third-order valence-electron chi connectivity index (χ3n) is 1.86. The number of carbonyl (C=O) groups excluding carboxylic acids is 2. The molecule has 6 nitrogen and oxygen atoms in total. The molecule has 0 amide bonds. The molecule has 1 heterocycles. The highest BCUT2D eigenvalue weighted by Gasteiger charge is 2.11. The number of rotatable bonds is 3. The van der Waals surface area contributed by atoms with Crippen molar-refractivity contribution in [2.75, 3.05) is 6.61 Å². The molecule has 0 aliphatic heterocycles. The average Bonchev–Trinajstić information content (AvgIpc) is 2.69. The zero-order chi connectivity index (χ0) is 10.7. The first-order valence-electron chi connectivity index (χ1n) is 4.22. The van der Waals surface area contributed by atoms with Gasteiger partial charge >= 0.3 is 0 Å². The summed E-state index contributed by atoms with van der Waals surface area (Å²) < 4.78 is 5.46. The summed E-state index contributed by atoms with van der Waals surface area (Å²) in [5, 5.41) is 7.47. The molecule has 0 radical (unpaired) electrons. The standard InChI is InChI=1S/C9H7N3O3/c13-6-15-5-9(14)12-8-4-2-1-3-7(8)10-11-12/h1-4,6H,5H2. The monoisotopic (exact) mass is 205 g/mol. The average molecular weight is 205 g/mol. The van der Waals surface area contributed by atoms with Crippen LogP contribution >= 0.6 is 0 Å². The van der Waals surface area contributed by atoms with Crippen molar-refractivity contribution >= 4 is 23.4 Å². The Morgan fingerprint density at radius 1 is 1.47 bits per heavy atom. The van der Waals surface area contributed by atoms with Crippen LogP contribution in [0.15, 0.2) is 24.3 Å². The summed E-state index contributed by atoms with van der Waals surface area (Å²) in [6, 6.07) is 7.03. The van der Waals surface area contributed by atoms with Gasteiger partial charge in [0.15, 0.2) is 6.61 Å². The fourth-order valence-electron chi connectivity index (χ4n) is 1.22. The fourth-order valence-corrected chi connectivity index (χ4v) is 1.22. The molecule has 6 heteroatoms. The van der Waals surface area contributed by atoms with Gasteiger partial charge in [0, 0.05) is 0 Å². The minimum atomic E-state index is -0.434. The molecular weight excluding hydrogens is 198 g/mol. The molecule has 0 fully saturated rings. The van der Waals surface area contributed by atoms with E-state index < -0.39 is 5.91 Å². The van der Waals surface area contributed by atoms with E-state index in [0.29, 0.717) is 11.0 Å². The normalized spacial score (nSPS) is 10.1. The van der Waals surface area contributed by atoms with Crippen LogP contribution in [0.3, 0.4) is 0 Å². The van der Waals surface area contributed by atoms with Gasteiger partial charge in [-0.1, -0.05) is 17.3 Å². The van der Waals surface area contributed by atoms with Crippen LogP contribution in [-0.2, 0) is 9.53 Å². The molecule has 0 saturated heterocycles. The van der Waals surface area contributed by atoms with Crippen LogP contribution < -0.4 is 0 Å². The minimum absolute atomic E-state index is 0.219. The van der Waals surface area contributed by atoms with Gasteiger partial charge in [-0.2, -0.15) is 4.68 Å². The van der Waals surface area contributed by atoms with Gasteiger partial charge in [0.1, 0.15) is 5.52 Å². The van der Waals surface area contributed by atoms with E-state index >= 15 is 0 Å². The molecule has 76 valence electrons. The molecule has 2 aromatic rings. The van der Waals surface area contributed by atoms with Crippen LogP contribution in [0.4, 0.5) is 0 Å². The summed E-state index contributed by atoms with van der Waals surface area (Å²) in [6.07, 6.45) is 0. The predicted molar refractivity (Wildman–Crippen MR) is 50.2 cm³/mol. The van der Waals surface area contributed by atoms with Crippen molar-refractivity contribution in [3.8, 4) is 0 Å². The van der Waals surface area contributed by atoms with Crippen molar-refractivity contribution in [1.82, 2.24) is 15.0 Å². The molecule has 0 spiro atoms. The molecular formula is C9H7N3O3. The number of ether oxygens (including phenoxy) is 1. The molecule has 2 rings (SSSR count). The van der Waals surface area contributed by atoms with Crippen LogP contribution in [0, 0.1) is 0 Å². The summed E-state index contributed by atoms with van der Waals surface area (Å²) in [7, 11) is 0. The van der Waals surface area contributed by atoms with Gasteiger partial charge in [0.05, 0.1) is 5.52 Å². The number of hydrogen-bond acceptors (Lipinski definition) is 5.